The number of carbonyl (C=O) groups excluding carboxylic acids is 1. The summed E-state index contributed by atoms with van der Waals surface area (Å²) in [4.78, 5) is 16.5. The third-order valence-corrected chi connectivity index (χ3v) is 5.39. The van der Waals surface area contributed by atoms with E-state index in [0.717, 1.165) is 31.4 Å². The van der Waals surface area contributed by atoms with E-state index < -0.39 is 0 Å². The number of benzene rings is 1. The Morgan fingerprint density at radius 2 is 2.04 bits per heavy atom. The predicted octanol–water partition coefficient (Wildman–Crippen LogP) is 3.41. The Kier molecular flexibility index (Phi) is 5.11. The molecule has 2 aliphatic rings. The summed E-state index contributed by atoms with van der Waals surface area (Å²) in [6.07, 6.45) is 4.26. The van der Waals surface area contributed by atoms with Gasteiger partial charge in [0.05, 0.1) is 10.7 Å². The highest BCUT2D eigenvalue weighted by molar-refractivity contribution is 6.33. The van der Waals surface area contributed by atoms with Gasteiger partial charge in [-0.1, -0.05) is 31.0 Å². The molecule has 0 atom stereocenters. The Morgan fingerprint density at radius 1 is 1.33 bits per heavy atom. The lowest BCUT2D eigenvalue weighted by molar-refractivity contribution is -0.134. The maximum absolute atomic E-state index is 13.6. The second-order valence-electron chi connectivity index (χ2n) is 6.72. The highest BCUT2D eigenvalue weighted by Gasteiger charge is 2.31. The minimum atomic E-state index is -0.388. The topological polar surface area (TPSA) is 49.6 Å². The monoisotopic (exact) mass is 351 g/mol. The van der Waals surface area contributed by atoms with Gasteiger partial charge in [-0.15, -0.1) is 0 Å². The third-order valence-electron chi connectivity index (χ3n) is 4.93. The summed E-state index contributed by atoms with van der Waals surface area (Å²) >= 11 is 6.18. The van der Waals surface area contributed by atoms with Gasteiger partial charge in [0.25, 0.3) is 0 Å². The van der Waals surface area contributed by atoms with E-state index in [9.17, 15) is 9.18 Å². The molecular formula is C18H23ClFN3O. The molecule has 0 radical (unpaired) electrons. The molecule has 1 aromatic rings. The average molecular weight is 352 g/mol. The Balaban J connectivity index is 1.63. The van der Waals surface area contributed by atoms with E-state index >= 15 is 0 Å². The van der Waals surface area contributed by atoms with Gasteiger partial charge in [-0.3, -0.25) is 9.69 Å². The number of hydrogen-bond acceptors (Lipinski definition) is 3. The molecule has 2 N–H and O–H groups in total. The van der Waals surface area contributed by atoms with Crippen molar-refractivity contribution in [3.63, 3.8) is 0 Å². The summed E-state index contributed by atoms with van der Waals surface area (Å²) in [7, 11) is 0. The molecule has 1 aromatic carbocycles. The van der Waals surface area contributed by atoms with Crippen LogP contribution < -0.4 is 5.73 Å². The molecule has 4 nitrogen and oxygen atoms in total. The molecule has 130 valence electrons. The van der Waals surface area contributed by atoms with Gasteiger partial charge in [0.1, 0.15) is 5.82 Å². The molecule has 2 fully saturated rings. The van der Waals surface area contributed by atoms with E-state index in [1.54, 1.807) is 0 Å². The zero-order chi connectivity index (χ0) is 17.3. The van der Waals surface area contributed by atoms with Gasteiger partial charge in [0.2, 0.25) is 5.91 Å². The molecule has 1 saturated heterocycles. The molecule has 1 aliphatic carbocycles. The summed E-state index contributed by atoms with van der Waals surface area (Å²) < 4.78 is 13.6. The first kappa shape index (κ1) is 17.2. The molecule has 1 saturated carbocycles. The van der Waals surface area contributed by atoms with Gasteiger partial charge < -0.3 is 10.6 Å². The van der Waals surface area contributed by atoms with Gasteiger partial charge in [-0.25, -0.2) is 4.39 Å². The van der Waals surface area contributed by atoms with Gasteiger partial charge in [-0.05, 0) is 30.5 Å². The molecule has 24 heavy (non-hydrogen) atoms. The van der Waals surface area contributed by atoms with Crippen molar-refractivity contribution < 1.29 is 9.18 Å². The van der Waals surface area contributed by atoms with Crippen LogP contribution in [0.15, 0.2) is 24.4 Å². The molecule has 3 rings (SSSR count). The first-order valence-corrected chi connectivity index (χ1v) is 8.78. The second-order valence-corrected chi connectivity index (χ2v) is 7.09. The largest absolute Gasteiger partial charge is 0.397 e. The zero-order valence-electron chi connectivity index (χ0n) is 13.7. The highest BCUT2D eigenvalue weighted by atomic mass is 35.5. The van der Waals surface area contributed by atoms with Crippen molar-refractivity contribution in [3.05, 3.63) is 40.8 Å². The maximum atomic E-state index is 13.6. The number of piperazine rings is 1. The van der Waals surface area contributed by atoms with Crippen molar-refractivity contribution in [3.8, 4) is 0 Å². The van der Waals surface area contributed by atoms with Crippen LogP contribution >= 0.6 is 11.6 Å². The molecule has 1 amide bonds. The number of halogens is 2. The summed E-state index contributed by atoms with van der Waals surface area (Å²) in [5.74, 6) is -0.0169. The van der Waals surface area contributed by atoms with Crippen LogP contribution in [0.2, 0.25) is 5.02 Å². The standard InChI is InChI=1S/C18H23ClFN3O/c1-12-10-22(11-14-8-15(20)9-16(21)17(14)19)6-7-23(12)18(24)13-4-2-3-5-13/h8-9,13H,1-7,10-11,21H2. The molecule has 0 aromatic heterocycles. The quantitative estimate of drug-likeness (QED) is 0.849. The number of rotatable bonds is 3. The Labute approximate surface area is 147 Å². The van der Waals surface area contributed by atoms with Crippen LogP contribution in [0.25, 0.3) is 0 Å². The van der Waals surface area contributed by atoms with Crippen LogP contribution in [0.5, 0.6) is 0 Å². The SMILES string of the molecule is C=C1CN(Cc2cc(F)cc(N)c2Cl)CCN1C(=O)C1CCCC1. The molecule has 1 aliphatic heterocycles. The normalized spacial score (nSPS) is 19.9. The Morgan fingerprint density at radius 3 is 2.71 bits per heavy atom. The van der Waals surface area contributed by atoms with Gasteiger partial charge >= 0.3 is 0 Å². The van der Waals surface area contributed by atoms with Gasteiger partial charge in [-0.2, -0.15) is 0 Å². The summed E-state index contributed by atoms with van der Waals surface area (Å²) in [5.41, 5.74) is 7.44. The lowest BCUT2D eigenvalue weighted by Gasteiger charge is -2.37. The molecular weight excluding hydrogens is 329 g/mol. The average Bonchev–Trinajstić information content (AvgIpc) is 3.06. The van der Waals surface area contributed by atoms with Crippen LogP contribution in [0.3, 0.4) is 0 Å². The lowest BCUT2D eigenvalue weighted by Crippen LogP contribution is -2.48. The number of nitrogens with two attached hydrogens (primary N) is 1. The number of carbonyl (C=O) groups is 1. The minimum Gasteiger partial charge on any atom is -0.397 e. The van der Waals surface area contributed by atoms with Crippen LogP contribution in [0.1, 0.15) is 31.2 Å². The van der Waals surface area contributed by atoms with Crippen molar-refractivity contribution in [2.75, 3.05) is 25.4 Å². The molecule has 1 heterocycles. The number of nitrogen functional groups attached to an aromatic ring is 1. The van der Waals surface area contributed by atoms with Crippen molar-refractivity contribution in [2.45, 2.75) is 32.2 Å². The van der Waals surface area contributed by atoms with E-state index in [-0.39, 0.29) is 23.3 Å². The molecule has 6 heteroatoms. The van der Waals surface area contributed by atoms with Crippen molar-refractivity contribution in [1.29, 1.82) is 0 Å². The van der Waals surface area contributed by atoms with Crippen LogP contribution in [0.4, 0.5) is 10.1 Å². The van der Waals surface area contributed by atoms with Crippen LogP contribution in [-0.4, -0.2) is 35.3 Å². The summed E-state index contributed by atoms with van der Waals surface area (Å²) in [6, 6.07) is 2.64. The van der Waals surface area contributed by atoms with E-state index in [1.165, 1.54) is 12.1 Å². The fourth-order valence-electron chi connectivity index (χ4n) is 3.64. The highest BCUT2D eigenvalue weighted by Crippen LogP contribution is 2.30. The zero-order valence-corrected chi connectivity index (χ0v) is 14.5. The number of hydrogen-bond donors (Lipinski definition) is 1. The predicted molar refractivity (Wildman–Crippen MR) is 93.9 cm³/mol. The van der Waals surface area contributed by atoms with Crippen molar-refractivity contribution in [1.82, 2.24) is 9.80 Å². The van der Waals surface area contributed by atoms with Gasteiger partial charge in [0.15, 0.2) is 0 Å². The number of anilines is 1. The first-order valence-electron chi connectivity index (χ1n) is 8.40. The maximum Gasteiger partial charge on any atom is 0.229 e. The Hall–Kier alpha value is -1.59. The second kappa shape index (κ2) is 7.11. The van der Waals surface area contributed by atoms with E-state index in [0.29, 0.717) is 36.8 Å². The van der Waals surface area contributed by atoms with Crippen molar-refractivity contribution >= 4 is 23.2 Å². The summed E-state index contributed by atoms with van der Waals surface area (Å²) in [5, 5.41) is 0.395. The molecule has 0 bridgehead atoms. The van der Waals surface area contributed by atoms with Crippen molar-refractivity contribution in [2.24, 2.45) is 5.92 Å². The minimum absolute atomic E-state index is 0.158. The fourth-order valence-corrected chi connectivity index (χ4v) is 3.81. The fraction of sp³-hybridized carbons (Fsp3) is 0.500. The third kappa shape index (κ3) is 3.57. The smallest absolute Gasteiger partial charge is 0.229 e. The van der Waals surface area contributed by atoms with E-state index in [2.05, 4.69) is 11.5 Å². The summed E-state index contributed by atoms with van der Waals surface area (Å²) in [6.45, 7) is 6.47. The van der Waals surface area contributed by atoms with Crippen LogP contribution in [0, 0.1) is 11.7 Å². The molecule has 0 unspecified atom stereocenters. The lowest BCUT2D eigenvalue weighted by atomic mass is 10.1. The van der Waals surface area contributed by atoms with Crippen LogP contribution in [-0.2, 0) is 11.3 Å². The number of nitrogens with zero attached hydrogens (tertiary/aromatic N) is 2. The van der Waals surface area contributed by atoms with E-state index in [1.807, 2.05) is 4.90 Å². The first-order chi connectivity index (χ1) is 11.5. The van der Waals surface area contributed by atoms with E-state index in [4.69, 9.17) is 17.3 Å². The number of amides is 1. The van der Waals surface area contributed by atoms with Gasteiger partial charge in [0, 0.05) is 37.8 Å². The Bertz CT molecular complexity index is 658. The molecule has 0 spiro atoms.